The average molecular weight is 349 g/mol. The lowest BCUT2D eigenvalue weighted by Crippen LogP contribution is -2.16. The molecule has 25 heavy (non-hydrogen) atoms. The van der Waals surface area contributed by atoms with Gasteiger partial charge in [0.05, 0.1) is 6.61 Å². The summed E-state index contributed by atoms with van der Waals surface area (Å²) in [6.07, 6.45) is -4.79. The number of benzene rings is 2. The molecule has 1 heterocycles. The Kier molecular flexibility index (Phi) is 4.39. The maximum absolute atomic E-state index is 12.5. The van der Waals surface area contributed by atoms with E-state index in [1.807, 2.05) is 0 Å². The highest BCUT2D eigenvalue weighted by molar-refractivity contribution is 6.08. The molecule has 4 nitrogen and oxygen atoms in total. The van der Waals surface area contributed by atoms with Crippen molar-refractivity contribution in [3.63, 3.8) is 0 Å². The Bertz CT molecular complexity index is 901. The largest absolute Gasteiger partial charge is 0.573 e. The van der Waals surface area contributed by atoms with E-state index in [0.717, 1.165) is 0 Å². The molecule has 3 rings (SSSR count). The second kappa shape index (κ2) is 6.51. The molecule has 0 amide bonds. The monoisotopic (exact) mass is 349 g/mol. The van der Waals surface area contributed by atoms with Gasteiger partial charge in [-0.15, -0.1) is 13.2 Å². The lowest BCUT2D eigenvalue weighted by atomic mass is 10.0. The van der Waals surface area contributed by atoms with Gasteiger partial charge in [-0.3, -0.25) is 0 Å². The molecule has 3 aromatic rings. The smallest absolute Gasteiger partial charge is 0.461 e. The van der Waals surface area contributed by atoms with Crippen LogP contribution < -0.4 is 4.74 Å². The number of halogens is 3. The Balaban J connectivity index is 2.20. The van der Waals surface area contributed by atoms with Crippen molar-refractivity contribution >= 4 is 16.9 Å². The third kappa shape index (κ3) is 3.60. The first-order valence-electron chi connectivity index (χ1n) is 7.53. The van der Waals surface area contributed by atoms with Crippen molar-refractivity contribution in [2.45, 2.75) is 13.3 Å². The number of aromatic amines is 1. The lowest BCUT2D eigenvalue weighted by molar-refractivity contribution is -0.274. The molecule has 0 aliphatic carbocycles. The van der Waals surface area contributed by atoms with Crippen LogP contribution in [0.15, 0.2) is 48.5 Å². The summed E-state index contributed by atoms with van der Waals surface area (Å²) in [5.41, 5.74) is 1.85. The highest BCUT2D eigenvalue weighted by Crippen LogP contribution is 2.36. The first-order chi connectivity index (χ1) is 11.9. The minimum atomic E-state index is -4.79. The molecule has 2 aromatic carbocycles. The molecule has 7 heteroatoms. The first-order valence-corrected chi connectivity index (χ1v) is 7.53. The molecule has 0 fully saturated rings. The number of alkyl halides is 3. The fourth-order valence-corrected chi connectivity index (χ4v) is 2.63. The van der Waals surface area contributed by atoms with Gasteiger partial charge < -0.3 is 14.5 Å². The molecule has 0 atom stereocenters. The standard InChI is InChI=1S/C18H14F3NO3/c1-2-24-17(23)16-15(11-6-4-3-5-7-11)13-10-12(25-18(19,20)21)8-9-14(13)22-16/h3-10,22H,2H2,1H3. The van der Waals surface area contributed by atoms with E-state index in [1.54, 1.807) is 37.3 Å². The van der Waals surface area contributed by atoms with Crippen molar-refractivity contribution in [2.75, 3.05) is 6.61 Å². The Hall–Kier alpha value is -2.96. The summed E-state index contributed by atoms with van der Waals surface area (Å²) < 4.78 is 46.5. The summed E-state index contributed by atoms with van der Waals surface area (Å²) in [7, 11) is 0. The maximum atomic E-state index is 12.5. The number of aromatic nitrogens is 1. The summed E-state index contributed by atoms with van der Waals surface area (Å²) in [5.74, 6) is -0.928. The quantitative estimate of drug-likeness (QED) is 0.681. The Morgan fingerprint density at radius 3 is 2.48 bits per heavy atom. The van der Waals surface area contributed by atoms with Gasteiger partial charge in [-0.05, 0) is 30.7 Å². The second-order valence-electron chi connectivity index (χ2n) is 5.22. The van der Waals surface area contributed by atoms with Crippen LogP contribution in [0.1, 0.15) is 17.4 Å². The fourth-order valence-electron chi connectivity index (χ4n) is 2.63. The molecule has 0 aliphatic heterocycles. The summed E-state index contributed by atoms with van der Waals surface area (Å²) in [5, 5.41) is 0.441. The average Bonchev–Trinajstić information content (AvgIpc) is 2.93. The number of hydrogen-bond donors (Lipinski definition) is 1. The molecule has 0 bridgehead atoms. The molecule has 0 spiro atoms. The van der Waals surface area contributed by atoms with Crippen LogP contribution in [0, 0.1) is 0 Å². The molecule has 0 radical (unpaired) electrons. The molecule has 0 saturated carbocycles. The van der Waals surface area contributed by atoms with Crippen LogP contribution in [0.2, 0.25) is 0 Å². The van der Waals surface area contributed by atoms with Crippen molar-refractivity contribution in [2.24, 2.45) is 0 Å². The number of H-pyrrole nitrogens is 1. The number of nitrogens with one attached hydrogen (secondary N) is 1. The number of ether oxygens (including phenoxy) is 2. The minimum Gasteiger partial charge on any atom is -0.461 e. The molecule has 130 valence electrons. The van der Waals surface area contributed by atoms with Crippen LogP contribution in [0.3, 0.4) is 0 Å². The summed E-state index contributed by atoms with van der Waals surface area (Å²) in [4.78, 5) is 15.2. The molecule has 1 aromatic heterocycles. The van der Waals surface area contributed by atoms with Gasteiger partial charge >= 0.3 is 12.3 Å². The zero-order chi connectivity index (χ0) is 18.0. The van der Waals surface area contributed by atoms with Crippen molar-refractivity contribution < 1.29 is 27.4 Å². The van der Waals surface area contributed by atoms with Crippen LogP contribution in [-0.2, 0) is 4.74 Å². The number of carbonyl (C=O) groups excluding carboxylic acids is 1. The number of fused-ring (bicyclic) bond motifs is 1. The third-order valence-electron chi connectivity index (χ3n) is 3.55. The van der Waals surface area contributed by atoms with E-state index >= 15 is 0 Å². The predicted molar refractivity (Wildman–Crippen MR) is 86.4 cm³/mol. The zero-order valence-electron chi connectivity index (χ0n) is 13.2. The summed E-state index contributed by atoms with van der Waals surface area (Å²) in [6, 6.07) is 12.8. The Morgan fingerprint density at radius 2 is 1.84 bits per heavy atom. The van der Waals surface area contributed by atoms with E-state index < -0.39 is 12.3 Å². The van der Waals surface area contributed by atoms with Crippen molar-refractivity contribution in [1.82, 2.24) is 4.98 Å². The lowest BCUT2D eigenvalue weighted by Gasteiger charge is -2.09. The van der Waals surface area contributed by atoms with E-state index in [2.05, 4.69) is 9.72 Å². The molecule has 0 saturated heterocycles. The first kappa shape index (κ1) is 16.9. The number of carbonyl (C=O) groups is 1. The van der Waals surface area contributed by atoms with Crippen LogP contribution >= 0.6 is 0 Å². The predicted octanol–water partition coefficient (Wildman–Crippen LogP) is 4.91. The minimum absolute atomic E-state index is 0.185. The van der Waals surface area contributed by atoms with E-state index in [0.29, 0.717) is 22.0 Å². The Labute approximate surface area is 141 Å². The summed E-state index contributed by atoms with van der Waals surface area (Å²) >= 11 is 0. The van der Waals surface area contributed by atoms with Crippen LogP contribution in [-0.4, -0.2) is 23.9 Å². The van der Waals surface area contributed by atoms with E-state index in [4.69, 9.17) is 4.74 Å². The van der Waals surface area contributed by atoms with E-state index in [1.165, 1.54) is 18.2 Å². The Morgan fingerprint density at radius 1 is 1.12 bits per heavy atom. The van der Waals surface area contributed by atoms with Crippen molar-refractivity contribution in [1.29, 1.82) is 0 Å². The number of rotatable bonds is 4. The van der Waals surface area contributed by atoms with Gasteiger partial charge in [0.2, 0.25) is 0 Å². The topological polar surface area (TPSA) is 51.3 Å². The van der Waals surface area contributed by atoms with Crippen LogP contribution in [0.5, 0.6) is 5.75 Å². The molecule has 1 N–H and O–H groups in total. The zero-order valence-corrected chi connectivity index (χ0v) is 13.2. The van der Waals surface area contributed by atoms with Gasteiger partial charge in [-0.2, -0.15) is 0 Å². The van der Waals surface area contributed by atoms with Gasteiger partial charge in [0.25, 0.3) is 0 Å². The van der Waals surface area contributed by atoms with Gasteiger partial charge in [0.1, 0.15) is 11.4 Å². The van der Waals surface area contributed by atoms with Gasteiger partial charge in [-0.25, -0.2) is 4.79 Å². The van der Waals surface area contributed by atoms with Crippen LogP contribution in [0.4, 0.5) is 13.2 Å². The van der Waals surface area contributed by atoms with Crippen molar-refractivity contribution in [3.05, 3.63) is 54.2 Å². The second-order valence-corrected chi connectivity index (χ2v) is 5.22. The maximum Gasteiger partial charge on any atom is 0.573 e. The molecule has 0 aliphatic rings. The van der Waals surface area contributed by atoms with Gasteiger partial charge in [0.15, 0.2) is 0 Å². The van der Waals surface area contributed by atoms with Gasteiger partial charge in [0, 0.05) is 16.5 Å². The molecular weight excluding hydrogens is 335 g/mol. The van der Waals surface area contributed by atoms with Crippen LogP contribution in [0.25, 0.3) is 22.0 Å². The molecule has 0 unspecified atom stereocenters. The van der Waals surface area contributed by atoms with E-state index in [-0.39, 0.29) is 18.1 Å². The molecular formula is C18H14F3NO3. The van der Waals surface area contributed by atoms with E-state index in [9.17, 15) is 18.0 Å². The fraction of sp³-hybridized carbons (Fsp3) is 0.167. The van der Waals surface area contributed by atoms with Gasteiger partial charge in [-0.1, -0.05) is 30.3 Å². The third-order valence-corrected chi connectivity index (χ3v) is 3.55. The number of esters is 1. The summed E-state index contributed by atoms with van der Waals surface area (Å²) in [6.45, 7) is 1.86. The normalized spacial score (nSPS) is 11.5. The highest BCUT2D eigenvalue weighted by atomic mass is 19.4. The van der Waals surface area contributed by atoms with Crippen molar-refractivity contribution in [3.8, 4) is 16.9 Å². The highest BCUT2D eigenvalue weighted by Gasteiger charge is 2.31. The SMILES string of the molecule is CCOC(=O)c1[nH]c2ccc(OC(F)(F)F)cc2c1-c1ccccc1. The number of hydrogen-bond acceptors (Lipinski definition) is 3.